The van der Waals surface area contributed by atoms with Gasteiger partial charge in [0.25, 0.3) is 0 Å². The highest BCUT2D eigenvalue weighted by Gasteiger charge is 2.23. The van der Waals surface area contributed by atoms with Crippen molar-refractivity contribution in [2.75, 3.05) is 5.32 Å². The van der Waals surface area contributed by atoms with Crippen LogP contribution in [0.25, 0.3) is 0 Å². The SMILES string of the molecule is CC(C)(N)C(=O)Nc1ccccc1SC1CCCC1. The maximum atomic E-state index is 12.0. The van der Waals surface area contributed by atoms with Gasteiger partial charge in [-0.1, -0.05) is 25.0 Å². The fourth-order valence-electron chi connectivity index (χ4n) is 2.14. The lowest BCUT2D eigenvalue weighted by Crippen LogP contribution is -2.45. The quantitative estimate of drug-likeness (QED) is 0.887. The Labute approximate surface area is 119 Å². The third-order valence-electron chi connectivity index (χ3n) is 3.32. The summed E-state index contributed by atoms with van der Waals surface area (Å²) in [5.41, 5.74) is 5.84. The highest BCUT2D eigenvalue weighted by molar-refractivity contribution is 8.00. The number of anilines is 1. The van der Waals surface area contributed by atoms with Gasteiger partial charge in [-0.15, -0.1) is 11.8 Å². The first-order valence-corrected chi connectivity index (χ1v) is 7.71. The second-order valence-electron chi connectivity index (χ2n) is 5.70. The predicted molar refractivity (Wildman–Crippen MR) is 81.5 cm³/mol. The predicted octanol–water partition coefficient (Wildman–Crippen LogP) is 3.40. The molecule has 1 aromatic rings. The molecule has 1 aliphatic carbocycles. The molecule has 0 unspecified atom stereocenters. The zero-order chi connectivity index (χ0) is 13.9. The number of amides is 1. The lowest BCUT2D eigenvalue weighted by atomic mass is 10.1. The minimum Gasteiger partial charge on any atom is -0.323 e. The molecule has 1 amide bonds. The van der Waals surface area contributed by atoms with Crippen LogP contribution >= 0.6 is 11.8 Å². The number of para-hydroxylation sites is 1. The van der Waals surface area contributed by atoms with Crippen LogP contribution in [0.2, 0.25) is 0 Å². The summed E-state index contributed by atoms with van der Waals surface area (Å²) in [6.07, 6.45) is 5.19. The number of thioether (sulfide) groups is 1. The molecule has 1 aliphatic rings. The van der Waals surface area contributed by atoms with Crippen LogP contribution in [0.15, 0.2) is 29.2 Å². The van der Waals surface area contributed by atoms with Gasteiger partial charge in [-0.05, 0) is 38.8 Å². The van der Waals surface area contributed by atoms with E-state index < -0.39 is 5.54 Å². The number of nitrogens with two attached hydrogens (primary N) is 1. The third-order valence-corrected chi connectivity index (χ3v) is 4.73. The second kappa shape index (κ2) is 5.97. The largest absolute Gasteiger partial charge is 0.323 e. The summed E-state index contributed by atoms with van der Waals surface area (Å²) in [4.78, 5) is 13.1. The van der Waals surface area contributed by atoms with Crippen LogP contribution in [0.1, 0.15) is 39.5 Å². The topological polar surface area (TPSA) is 55.1 Å². The Morgan fingerprint density at radius 2 is 1.95 bits per heavy atom. The van der Waals surface area contributed by atoms with Crippen LogP contribution < -0.4 is 11.1 Å². The summed E-state index contributed by atoms with van der Waals surface area (Å²) in [5.74, 6) is -0.146. The number of hydrogen-bond donors (Lipinski definition) is 2. The maximum Gasteiger partial charge on any atom is 0.243 e. The van der Waals surface area contributed by atoms with Crippen molar-refractivity contribution in [2.45, 2.75) is 55.2 Å². The summed E-state index contributed by atoms with van der Waals surface area (Å²) in [6.45, 7) is 3.43. The zero-order valence-electron chi connectivity index (χ0n) is 11.6. The van der Waals surface area contributed by atoms with E-state index in [0.717, 1.165) is 10.6 Å². The molecule has 2 rings (SSSR count). The Bertz CT molecular complexity index is 448. The maximum absolute atomic E-state index is 12.0. The van der Waals surface area contributed by atoms with Crippen molar-refractivity contribution >= 4 is 23.4 Å². The molecule has 0 heterocycles. The van der Waals surface area contributed by atoms with E-state index in [2.05, 4.69) is 11.4 Å². The van der Waals surface area contributed by atoms with Gasteiger partial charge >= 0.3 is 0 Å². The monoisotopic (exact) mass is 278 g/mol. The van der Waals surface area contributed by atoms with Crippen molar-refractivity contribution < 1.29 is 4.79 Å². The molecule has 0 radical (unpaired) electrons. The van der Waals surface area contributed by atoms with E-state index >= 15 is 0 Å². The highest BCUT2D eigenvalue weighted by atomic mass is 32.2. The summed E-state index contributed by atoms with van der Waals surface area (Å²) in [6, 6.07) is 7.97. The molecule has 104 valence electrons. The molecule has 0 atom stereocenters. The van der Waals surface area contributed by atoms with E-state index in [0.29, 0.717) is 5.25 Å². The van der Waals surface area contributed by atoms with Crippen molar-refractivity contribution in [3.63, 3.8) is 0 Å². The molecule has 19 heavy (non-hydrogen) atoms. The van der Waals surface area contributed by atoms with Crippen molar-refractivity contribution in [2.24, 2.45) is 5.73 Å². The molecule has 0 aromatic heterocycles. The normalized spacial score (nSPS) is 16.6. The molecule has 0 saturated heterocycles. The van der Waals surface area contributed by atoms with Crippen molar-refractivity contribution in [1.82, 2.24) is 0 Å². The Morgan fingerprint density at radius 3 is 2.58 bits per heavy atom. The first-order valence-electron chi connectivity index (χ1n) is 6.83. The number of carbonyl (C=O) groups excluding carboxylic acids is 1. The number of carbonyl (C=O) groups is 1. The van der Waals surface area contributed by atoms with Gasteiger partial charge in [0.15, 0.2) is 0 Å². The van der Waals surface area contributed by atoms with Crippen LogP contribution in [-0.4, -0.2) is 16.7 Å². The van der Waals surface area contributed by atoms with Crippen LogP contribution in [-0.2, 0) is 4.79 Å². The minimum atomic E-state index is -0.856. The summed E-state index contributed by atoms with van der Waals surface area (Å²) in [7, 11) is 0. The molecule has 0 bridgehead atoms. The molecular formula is C15H22N2OS. The molecule has 4 heteroatoms. The molecule has 1 aromatic carbocycles. The Balaban J connectivity index is 2.09. The van der Waals surface area contributed by atoms with Crippen LogP contribution in [0, 0.1) is 0 Å². The van der Waals surface area contributed by atoms with Crippen LogP contribution in [0.4, 0.5) is 5.69 Å². The van der Waals surface area contributed by atoms with Gasteiger partial charge in [0.1, 0.15) is 0 Å². The number of hydrogen-bond acceptors (Lipinski definition) is 3. The average Bonchev–Trinajstić information content (AvgIpc) is 2.83. The smallest absolute Gasteiger partial charge is 0.243 e. The van der Waals surface area contributed by atoms with Gasteiger partial charge in [-0.25, -0.2) is 0 Å². The van der Waals surface area contributed by atoms with Gasteiger partial charge in [0.05, 0.1) is 11.2 Å². The second-order valence-corrected chi connectivity index (χ2v) is 7.04. The first kappa shape index (κ1) is 14.4. The van der Waals surface area contributed by atoms with Gasteiger partial charge in [-0.2, -0.15) is 0 Å². The Kier molecular flexibility index (Phi) is 4.53. The van der Waals surface area contributed by atoms with E-state index in [-0.39, 0.29) is 5.91 Å². The highest BCUT2D eigenvalue weighted by Crippen LogP contribution is 2.38. The van der Waals surface area contributed by atoms with E-state index in [1.807, 2.05) is 30.0 Å². The molecule has 0 aliphatic heterocycles. The molecule has 1 saturated carbocycles. The lowest BCUT2D eigenvalue weighted by molar-refractivity contribution is -0.120. The van der Waals surface area contributed by atoms with Gasteiger partial charge in [-0.3, -0.25) is 4.79 Å². The minimum absolute atomic E-state index is 0.146. The van der Waals surface area contributed by atoms with E-state index in [9.17, 15) is 4.79 Å². The van der Waals surface area contributed by atoms with Crippen LogP contribution in [0.5, 0.6) is 0 Å². The van der Waals surface area contributed by atoms with Crippen molar-refractivity contribution in [3.8, 4) is 0 Å². The molecular weight excluding hydrogens is 256 g/mol. The zero-order valence-corrected chi connectivity index (χ0v) is 12.4. The fraction of sp³-hybridized carbons (Fsp3) is 0.533. The fourth-order valence-corrected chi connectivity index (χ4v) is 3.47. The number of benzene rings is 1. The number of nitrogens with one attached hydrogen (secondary N) is 1. The average molecular weight is 278 g/mol. The van der Waals surface area contributed by atoms with E-state index in [1.54, 1.807) is 13.8 Å². The van der Waals surface area contributed by atoms with Gasteiger partial charge in [0.2, 0.25) is 5.91 Å². The summed E-state index contributed by atoms with van der Waals surface area (Å²) in [5, 5.41) is 3.62. The van der Waals surface area contributed by atoms with E-state index in [4.69, 9.17) is 5.73 Å². The molecule has 1 fully saturated rings. The Hall–Kier alpha value is -1.00. The molecule has 0 spiro atoms. The lowest BCUT2D eigenvalue weighted by Gasteiger charge is -2.20. The first-order chi connectivity index (χ1) is 8.97. The third kappa shape index (κ3) is 3.98. The Morgan fingerprint density at radius 1 is 1.32 bits per heavy atom. The number of rotatable bonds is 4. The van der Waals surface area contributed by atoms with Gasteiger partial charge < -0.3 is 11.1 Å². The summed E-state index contributed by atoms with van der Waals surface area (Å²) >= 11 is 1.87. The summed E-state index contributed by atoms with van der Waals surface area (Å²) < 4.78 is 0. The molecule has 3 N–H and O–H groups in total. The molecule has 3 nitrogen and oxygen atoms in total. The standard InChI is InChI=1S/C15H22N2OS/c1-15(2,16)14(18)17-12-9-5-6-10-13(12)19-11-7-3-4-8-11/h5-6,9-11H,3-4,7-8,16H2,1-2H3,(H,17,18). The van der Waals surface area contributed by atoms with Crippen LogP contribution in [0.3, 0.4) is 0 Å². The van der Waals surface area contributed by atoms with Crippen molar-refractivity contribution in [1.29, 1.82) is 0 Å². The van der Waals surface area contributed by atoms with Gasteiger partial charge in [0, 0.05) is 10.1 Å². The van der Waals surface area contributed by atoms with E-state index in [1.165, 1.54) is 25.7 Å². The van der Waals surface area contributed by atoms with Crippen molar-refractivity contribution in [3.05, 3.63) is 24.3 Å².